The van der Waals surface area contributed by atoms with Crippen molar-refractivity contribution in [1.29, 1.82) is 0 Å². The van der Waals surface area contributed by atoms with Crippen molar-refractivity contribution in [2.75, 3.05) is 37.6 Å². The van der Waals surface area contributed by atoms with Gasteiger partial charge >= 0.3 is 6.18 Å². The van der Waals surface area contributed by atoms with E-state index in [0.29, 0.717) is 46.0 Å². The molecular formula is C37H40F3N3O3. The van der Waals surface area contributed by atoms with Gasteiger partial charge in [-0.2, -0.15) is 13.2 Å². The van der Waals surface area contributed by atoms with Crippen molar-refractivity contribution in [3.05, 3.63) is 132 Å². The number of ether oxygens (including phenoxy) is 3. The van der Waals surface area contributed by atoms with Crippen LogP contribution in [0.3, 0.4) is 0 Å². The fourth-order valence-electron chi connectivity index (χ4n) is 6.45. The summed E-state index contributed by atoms with van der Waals surface area (Å²) >= 11 is 0. The van der Waals surface area contributed by atoms with E-state index in [1.807, 2.05) is 95.9 Å². The topological polar surface area (TPSA) is 47.1 Å². The predicted molar refractivity (Wildman–Crippen MR) is 171 cm³/mol. The molecule has 0 amide bonds. The van der Waals surface area contributed by atoms with Crippen LogP contribution < -0.4 is 4.90 Å². The summed E-state index contributed by atoms with van der Waals surface area (Å²) in [5, 5.41) is 0. The lowest BCUT2D eigenvalue weighted by atomic mass is 9.98. The number of likely N-dealkylation sites (tertiary alicyclic amines) is 1. The van der Waals surface area contributed by atoms with Gasteiger partial charge in [0, 0.05) is 38.9 Å². The van der Waals surface area contributed by atoms with Gasteiger partial charge in [0.05, 0.1) is 49.5 Å². The molecule has 3 aromatic carbocycles. The van der Waals surface area contributed by atoms with Crippen LogP contribution in [0.4, 0.5) is 18.9 Å². The van der Waals surface area contributed by atoms with Crippen LogP contribution in [-0.4, -0.2) is 60.9 Å². The fraction of sp³-hybridized carbons (Fsp3) is 0.378. The Balaban J connectivity index is 1.19. The molecule has 0 aliphatic carbocycles. The SMILES string of the molecule is FC(F)(F)c1ccncc1N1CC[C@@H](CN2C[C@H](OCc3ccccc3)C(OCc3ccccc3)[C@H](OCc3ccccc3)C2)C1. The van der Waals surface area contributed by atoms with Gasteiger partial charge in [-0.1, -0.05) is 91.0 Å². The summed E-state index contributed by atoms with van der Waals surface area (Å²) in [6, 6.07) is 31.3. The van der Waals surface area contributed by atoms with E-state index in [1.54, 1.807) is 0 Å². The molecule has 242 valence electrons. The lowest BCUT2D eigenvalue weighted by Gasteiger charge is -2.44. The van der Waals surface area contributed by atoms with Crippen LogP contribution in [0.2, 0.25) is 0 Å². The highest BCUT2D eigenvalue weighted by molar-refractivity contribution is 5.54. The average Bonchev–Trinajstić information content (AvgIpc) is 3.55. The molecule has 0 saturated carbocycles. The van der Waals surface area contributed by atoms with Crippen LogP contribution in [0, 0.1) is 5.92 Å². The number of piperidine rings is 1. The van der Waals surface area contributed by atoms with Gasteiger partial charge in [0.15, 0.2) is 0 Å². The van der Waals surface area contributed by atoms with Crippen molar-refractivity contribution in [3.63, 3.8) is 0 Å². The Morgan fingerprint density at radius 3 is 1.72 bits per heavy atom. The van der Waals surface area contributed by atoms with E-state index in [9.17, 15) is 13.2 Å². The first-order valence-corrected chi connectivity index (χ1v) is 15.9. The minimum Gasteiger partial charge on any atom is -0.369 e. The third kappa shape index (κ3) is 8.53. The Morgan fingerprint density at radius 2 is 1.20 bits per heavy atom. The molecule has 2 saturated heterocycles. The first-order chi connectivity index (χ1) is 22.4. The molecule has 6 rings (SSSR count). The molecule has 9 heteroatoms. The van der Waals surface area contributed by atoms with Crippen LogP contribution >= 0.6 is 0 Å². The highest BCUT2D eigenvalue weighted by Crippen LogP contribution is 2.38. The number of benzene rings is 3. The van der Waals surface area contributed by atoms with Gasteiger partial charge in [0.1, 0.15) is 6.10 Å². The summed E-state index contributed by atoms with van der Waals surface area (Å²) in [6.45, 7) is 4.39. The van der Waals surface area contributed by atoms with Crippen molar-refractivity contribution in [3.8, 4) is 0 Å². The summed E-state index contributed by atoms with van der Waals surface area (Å²) in [7, 11) is 0. The lowest BCUT2D eigenvalue weighted by molar-refractivity contribution is -0.185. The van der Waals surface area contributed by atoms with Crippen molar-refractivity contribution >= 4 is 5.69 Å². The summed E-state index contributed by atoms with van der Waals surface area (Å²) in [5.41, 5.74) is 2.74. The Hall–Kier alpha value is -3.76. The number of hydrogen-bond acceptors (Lipinski definition) is 6. The number of rotatable bonds is 12. The predicted octanol–water partition coefficient (Wildman–Crippen LogP) is 7.00. The second-order valence-electron chi connectivity index (χ2n) is 12.1. The van der Waals surface area contributed by atoms with Gasteiger partial charge in [-0.15, -0.1) is 0 Å². The summed E-state index contributed by atoms with van der Waals surface area (Å²) in [4.78, 5) is 8.17. The quantitative estimate of drug-likeness (QED) is 0.168. The van der Waals surface area contributed by atoms with Crippen LogP contribution in [-0.2, 0) is 40.2 Å². The smallest absolute Gasteiger partial charge is 0.369 e. The molecule has 2 aliphatic rings. The number of pyridine rings is 1. The van der Waals surface area contributed by atoms with Gasteiger partial charge in [-0.05, 0) is 35.1 Å². The molecule has 4 atom stereocenters. The number of anilines is 1. The summed E-state index contributed by atoms with van der Waals surface area (Å²) in [5.74, 6) is 0.188. The molecule has 6 nitrogen and oxygen atoms in total. The third-order valence-electron chi connectivity index (χ3n) is 8.76. The first-order valence-electron chi connectivity index (χ1n) is 15.9. The molecule has 0 spiro atoms. The van der Waals surface area contributed by atoms with Crippen LogP contribution in [0.5, 0.6) is 0 Å². The minimum absolute atomic E-state index is 0.152. The molecule has 0 bridgehead atoms. The van der Waals surface area contributed by atoms with Gasteiger partial charge in [0.2, 0.25) is 0 Å². The third-order valence-corrected chi connectivity index (χ3v) is 8.76. The summed E-state index contributed by atoms with van der Waals surface area (Å²) in [6.07, 6.45) is -1.95. The fourth-order valence-corrected chi connectivity index (χ4v) is 6.45. The van der Waals surface area contributed by atoms with Gasteiger partial charge in [-0.25, -0.2) is 0 Å². The average molecular weight is 632 g/mol. The van der Waals surface area contributed by atoms with Crippen LogP contribution in [0.15, 0.2) is 109 Å². The van der Waals surface area contributed by atoms with Crippen molar-refractivity contribution in [2.45, 2.75) is 50.7 Å². The largest absolute Gasteiger partial charge is 0.418 e. The molecule has 3 heterocycles. The maximum Gasteiger partial charge on any atom is 0.418 e. The number of nitrogens with zero attached hydrogens (tertiary/aromatic N) is 3. The molecular weight excluding hydrogens is 591 g/mol. The van der Waals surface area contributed by atoms with E-state index in [0.717, 1.165) is 35.7 Å². The van der Waals surface area contributed by atoms with E-state index < -0.39 is 11.7 Å². The number of hydrogen-bond donors (Lipinski definition) is 0. The molecule has 0 N–H and O–H groups in total. The van der Waals surface area contributed by atoms with E-state index in [1.165, 1.54) is 12.4 Å². The zero-order valence-electron chi connectivity index (χ0n) is 25.8. The van der Waals surface area contributed by atoms with E-state index >= 15 is 0 Å². The second-order valence-corrected chi connectivity index (χ2v) is 12.1. The Morgan fingerprint density at radius 1 is 0.674 bits per heavy atom. The molecule has 2 aliphatic heterocycles. The highest BCUT2D eigenvalue weighted by Gasteiger charge is 2.41. The lowest BCUT2D eigenvalue weighted by Crippen LogP contribution is -2.58. The van der Waals surface area contributed by atoms with Crippen molar-refractivity contribution in [2.24, 2.45) is 5.92 Å². The minimum atomic E-state index is -4.43. The monoisotopic (exact) mass is 631 g/mol. The van der Waals surface area contributed by atoms with Gasteiger partial charge < -0.3 is 19.1 Å². The Bertz CT molecular complexity index is 1440. The van der Waals surface area contributed by atoms with E-state index in [4.69, 9.17) is 14.2 Å². The molecule has 2 fully saturated rings. The van der Waals surface area contributed by atoms with Crippen molar-refractivity contribution in [1.82, 2.24) is 9.88 Å². The zero-order valence-corrected chi connectivity index (χ0v) is 25.8. The van der Waals surface area contributed by atoms with E-state index in [-0.39, 0.29) is 29.9 Å². The van der Waals surface area contributed by atoms with Gasteiger partial charge in [0.25, 0.3) is 0 Å². The molecule has 0 radical (unpaired) electrons. The Labute approximate surface area is 268 Å². The molecule has 4 aromatic rings. The Kier molecular flexibility index (Phi) is 10.7. The number of alkyl halides is 3. The van der Waals surface area contributed by atoms with Gasteiger partial charge in [-0.3, -0.25) is 9.88 Å². The maximum absolute atomic E-state index is 13.8. The molecule has 46 heavy (non-hydrogen) atoms. The molecule has 1 aromatic heterocycles. The maximum atomic E-state index is 13.8. The van der Waals surface area contributed by atoms with Crippen LogP contribution in [0.1, 0.15) is 28.7 Å². The molecule has 1 unspecified atom stereocenters. The zero-order chi connectivity index (χ0) is 31.8. The number of halogens is 3. The second kappa shape index (κ2) is 15.2. The highest BCUT2D eigenvalue weighted by atomic mass is 19.4. The van der Waals surface area contributed by atoms with E-state index in [2.05, 4.69) is 9.88 Å². The first kappa shape index (κ1) is 32.2. The van der Waals surface area contributed by atoms with Crippen LogP contribution in [0.25, 0.3) is 0 Å². The standard InChI is InChI=1S/C37H40F3N3O3/c38-37(39,40)32-16-18-41-20-33(32)43-19-17-31(22-43)21-42-23-34(44-25-28-10-4-1-5-11-28)36(46-27-30-14-8-3-9-15-30)35(24-42)45-26-29-12-6-2-7-13-29/h1-16,18,20,31,34-36H,17,19,21-27H2/t31-,34-,35+,36?/m0/s1. The normalized spacial score (nSPS) is 22.3. The van der Waals surface area contributed by atoms with Crippen molar-refractivity contribution < 1.29 is 27.4 Å². The summed E-state index contributed by atoms with van der Waals surface area (Å²) < 4.78 is 61.1. The number of aromatic nitrogens is 1.